The Morgan fingerprint density at radius 1 is 1.32 bits per heavy atom. The van der Waals surface area contributed by atoms with Crippen molar-refractivity contribution >= 4 is 10.8 Å². The van der Waals surface area contributed by atoms with Gasteiger partial charge in [-0.25, -0.2) is 0 Å². The maximum Gasteiger partial charge on any atom is 0.119 e. The third-order valence-corrected chi connectivity index (χ3v) is 4.49. The minimum absolute atomic E-state index is 0.141. The molecular weight excluding hydrogens is 258 g/mol. The standard InChI is InChI=1S/C15H25NO2S/c1-4-9-16-15(12-19(17)10-5-2)13-7-6-8-14(11-13)18-3/h6-8,11,15-16H,4-5,9-10,12H2,1-3H3. The molecule has 2 unspecified atom stereocenters. The van der Waals surface area contributed by atoms with Crippen LogP contribution in [0.5, 0.6) is 5.75 Å². The lowest BCUT2D eigenvalue weighted by atomic mass is 10.1. The van der Waals surface area contributed by atoms with Gasteiger partial charge in [-0.05, 0) is 37.1 Å². The van der Waals surface area contributed by atoms with E-state index in [0.717, 1.165) is 36.5 Å². The van der Waals surface area contributed by atoms with Crippen LogP contribution in [0.3, 0.4) is 0 Å². The number of nitrogens with one attached hydrogen (secondary N) is 1. The van der Waals surface area contributed by atoms with Gasteiger partial charge in [-0.1, -0.05) is 26.0 Å². The Labute approximate surface area is 119 Å². The minimum Gasteiger partial charge on any atom is -0.497 e. The van der Waals surface area contributed by atoms with Crippen LogP contribution >= 0.6 is 0 Å². The van der Waals surface area contributed by atoms with E-state index in [0.29, 0.717) is 5.75 Å². The molecule has 0 bridgehead atoms. The summed E-state index contributed by atoms with van der Waals surface area (Å²) < 4.78 is 17.2. The van der Waals surface area contributed by atoms with Gasteiger partial charge in [0.05, 0.1) is 7.11 Å². The summed E-state index contributed by atoms with van der Waals surface area (Å²) in [6.45, 7) is 5.14. The molecular formula is C15H25NO2S. The van der Waals surface area contributed by atoms with Gasteiger partial charge in [0.15, 0.2) is 0 Å². The third kappa shape index (κ3) is 5.74. The van der Waals surface area contributed by atoms with E-state index in [1.54, 1.807) is 7.11 Å². The Kier molecular flexibility index (Phi) is 7.75. The lowest BCUT2D eigenvalue weighted by Crippen LogP contribution is -2.27. The van der Waals surface area contributed by atoms with E-state index in [-0.39, 0.29) is 6.04 Å². The summed E-state index contributed by atoms with van der Waals surface area (Å²) in [7, 11) is 0.904. The van der Waals surface area contributed by atoms with Crippen molar-refractivity contribution in [2.24, 2.45) is 0 Å². The molecule has 1 rings (SSSR count). The van der Waals surface area contributed by atoms with Gasteiger partial charge in [-0.3, -0.25) is 4.21 Å². The molecule has 0 aromatic heterocycles. The Morgan fingerprint density at radius 2 is 2.11 bits per heavy atom. The van der Waals surface area contributed by atoms with Crippen LogP contribution in [-0.4, -0.2) is 29.4 Å². The van der Waals surface area contributed by atoms with E-state index >= 15 is 0 Å². The third-order valence-electron chi connectivity index (χ3n) is 2.92. The van der Waals surface area contributed by atoms with E-state index < -0.39 is 10.8 Å². The van der Waals surface area contributed by atoms with E-state index in [1.807, 2.05) is 18.2 Å². The lowest BCUT2D eigenvalue weighted by Gasteiger charge is -2.19. The van der Waals surface area contributed by atoms with Gasteiger partial charge in [0.2, 0.25) is 0 Å². The summed E-state index contributed by atoms with van der Waals surface area (Å²) in [4.78, 5) is 0. The van der Waals surface area contributed by atoms with Crippen LogP contribution in [0, 0.1) is 0 Å². The topological polar surface area (TPSA) is 38.3 Å². The van der Waals surface area contributed by atoms with Crippen molar-refractivity contribution in [1.82, 2.24) is 5.32 Å². The molecule has 0 radical (unpaired) electrons. The van der Waals surface area contributed by atoms with Gasteiger partial charge in [0.25, 0.3) is 0 Å². The van der Waals surface area contributed by atoms with Gasteiger partial charge in [0, 0.05) is 28.3 Å². The summed E-state index contributed by atoms with van der Waals surface area (Å²) in [5.41, 5.74) is 1.15. The summed E-state index contributed by atoms with van der Waals surface area (Å²) in [5.74, 6) is 2.29. The number of hydrogen-bond donors (Lipinski definition) is 1. The second-order valence-corrected chi connectivity index (χ2v) is 6.22. The number of ether oxygens (including phenoxy) is 1. The Balaban J connectivity index is 2.78. The van der Waals surface area contributed by atoms with Crippen LogP contribution < -0.4 is 10.1 Å². The fourth-order valence-corrected chi connectivity index (χ4v) is 3.25. The number of methoxy groups -OCH3 is 1. The van der Waals surface area contributed by atoms with Crippen LogP contribution in [0.2, 0.25) is 0 Å². The molecule has 0 spiro atoms. The smallest absolute Gasteiger partial charge is 0.119 e. The Hall–Kier alpha value is -0.870. The average molecular weight is 283 g/mol. The fraction of sp³-hybridized carbons (Fsp3) is 0.600. The van der Waals surface area contributed by atoms with Crippen molar-refractivity contribution in [2.75, 3.05) is 25.2 Å². The minimum atomic E-state index is -0.766. The molecule has 2 atom stereocenters. The molecule has 0 aliphatic heterocycles. The molecule has 108 valence electrons. The molecule has 1 N–H and O–H groups in total. The largest absolute Gasteiger partial charge is 0.497 e. The molecule has 0 amide bonds. The van der Waals surface area contributed by atoms with Crippen LogP contribution in [-0.2, 0) is 10.8 Å². The van der Waals surface area contributed by atoms with Gasteiger partial charge in [-0.2, -0.15) is 0 Å². The SMILES string of the molecule is CCCNC(CS(=O)CCC)c1cccc(OC)c1. The number of hydrogen-bond acceptors (Lipinski definition) is 3. The second kappa shape index (κ2) is 9.10. The highest BCUT2D eigenvalue weighted by atomic mass is 32.2. The monoisotopic (exact) mass is 283 g/mol. The van der Waals surface area contributed by atoms with Crippen molar-refractivity contribution < 1.29 is 8.95 Å². The van der Waals surface area contributed by atoms with E-state index in [2.05, 4.69) is 25.2 Å². The maximum absolute atomic E-state index is 12.0. The van der Waals surface area contributed by atoms with E-state index in [4.69, 9.17) is 4.74 Å². The highest BCUT2D eigenvalue weighted by molar-refractivity contribution is 7.85. The molecule has 0 aliphatic rings. The van der Waals surface area contributed by atoms with Gasteiger partial charge >= 0.3 is 0 Å². The second-order valence-electron chi connectivity index (χ2n) is 4.59. The molecule has 3 nitrogen and oxygen atoms in total. The number of benzene rings is 1. The lowest BCUT2D eigenvalue weighted by molar-refractivity contribution is 0.413. The molecule has 0 saturated carbocycles. The van der Waals surface area contributed by atoms with E-state index in [1.165, 1.54) is 0 Å². The predicted octanol–water partition coefficient (Wildman–Crippen LogP) is 2.89. The first-order chi connectivity index (χ1) is 9.21. The van der Waals surface area contributed by atoms with Gasteiger partial charge < -0.3 is 10.1 Å². The van der Waals surface area contributed by atoms with Crippen molar-refractivity contribution in [3.8, 4) is 5.75 Å². The van der Waals surface area contributed by atoms with Gasteiger partial charge in [0.1, 0.15) is 5.75 Å². The molecule has 0 fully saturated rings. The van der Waals surface area contributed by atoms with Crippen molar-refractivity contribution in [2.45, 2.75) is 32.7 Å². The van der Waals surface area contributed by atoms with Crippen molar-refractivity contribution in [3.05, 3.63) is 29.8 Å². The Bertz CT molecular complexity index is 395. The predicted molar refractivity (Wildman–Crippen MR) is 82.2 cm³/mol. The molecule has 4 heteroatoms. The number of rotatable bonds is 9. The quantitative estimate of drug-likeness (QED) is 0.757. The summed E-state index contributed by atoms with van der Waals surface area (Å²) >= 11 is 0. The van der Waals surface area contributed by atoms with Crippen LogP contribution in [0.15, 0.2) is 24.3 Å². The zero-order chi connectivity index (χ0) is 14.1. The Morgan fingerprint density at radius 3 is 2.74 bits per heavy atom. The molecule has 1 aromatic carbocycles. The fourth-order valence-electron chi connectivity index (χ4n) is 1.95. The van der Waals surface area contributed by atoms with Crippen molar-refractivity contribution in [1.29, 1.82) is 0 Å². The van der Waals surface area contributed by atoms with Crippen LogP contribution in [0.1, 0.15) is 38.3 Å². The average Bonchev–Trinajstić information content (AvgIpc) is 2.43. The van der Waals surface area contributed by atoms with Gasteiger partial charge in [-0.15, -0.1) is 0 Å². The normalized spacial score (nSPS) is 14.1. The molecule has 0 heterocycles. The van der Waals surface area contributed by atoms with Crippen LogP contribution in [0.4, 0.5) is 0 Å². The maximum atomic E-state index is 12.0. The highest BCUT2D eigenvalue weighted by Gasteiger charge is 2.14. The summed E-state index contributed by atoms with van der Waals surface area (Å²) in [6.07, 6.45) is 2.03. The van der Waals surface area contributed by atoms with Crippen molar-refractivity contribution in [3.63, 3.8) is 0 Å². The zero-order valence-corrected chi connectivity index (χ0v) is 13.0. The molecule has 0 saturated heterocycles. The van der Waals surface area contributed by atoms with E-state index in [9.17, 15) is 4.21 Å². The molecule has 0 aliphatic carbocycles. The summed E-state index contributed by atoms with van der Waals surface area (Å²) in [5, 5.41) is 3.48. The summed E-state index contributed by atoms with van der Waals surface area (Å²) in [6, 6.07) is 8.15. The highest BCUT2D eigenvalue weighted by Crippen LogP contribution is 2.20. The molecule has 1 aromatic rings. The zero-order valence-electron chi connectivity index (χ0n) is 12.1. The first kappa shape index (κ1) is 16.2. The first-order valence-electron chi connectivity index (χ1n) is 6.93. The molecule has 19 heavy (non-hydrogen) atoms. The first-order valence-corrected chi connectivity index (χ1v) is 8.42. The van der Waals surface area contributed by atoms with Crippen LogP contribution in [0.25, 0.3) is 0 Å².